The quantitative estimate of drug-likeness (QED) is 0.768. The maximum atomic E-state index is 11.6. The number of amides is 2. The molecule has 0 aliphatic rings. The highest BCUT2D eigenvalue weighted by Gasteiger charge is 2.21. The minimum absolute atomic E-state index is 0.155. The smallest absolute Gasteiger partial charge is 0.239 e. The van der Waals surface area contributed by atoms with E-state index in [2.05, 4.69) is 26.6 Å². The van der Waals surface area contributed by atoms with Gasteiger partial charge in [-0.05, 0) is 38.1 Å². The van der Waals surface area contributed by atoms with Gasteiger partial charge in [0.2, 0.25) is 11.8 Å². The van der Waals surface area contributed by atoms with Gasteiger partial charge in [-0.15, -0.1) is 0 Å². The second-order valence-corrected chi connectivity index (χ2v) is 5.70. The van der Waals surface area contributed by atoms with Gasteiger partial charge in [0, 0.05) is 23.1 Å². The van der Waals surface area contributed by atoms with Crippen LogP contribution in [0.25, 0.3) is 0 Å². The molecule has 1 aromatic carbocycles. The fourth-order valence-corrected chi connectivity index (χ4v) is 1.54. The zero-order valence-electron chi connectivity index (χ0n) is 11.0. The molecule has 6 heteroatoms. The summed E-state index contributed by atoms with van der Waals surface area (Å²) in [5.74, 6) is -0.429. The molecule has 19 heavy (non-hydrogen) atoms. The van der Waals surface area contributed by atoms with Gasteiger partial charge in [-0.2, -0.15) is 0 Å². The molecule has 0 saturated heterocycles. The van der Waals surface area contributed by atoms with Crippen molar-refractivity contribution >= 4 is 33.4 Å². The topological polar surface area (TPSA) is 84.2 Å². The molecule has 0 spiro atoms. The molecule has 4 N–H and O–H groups in total. The summed E-state index contributed by atoms with van der Waals surface area (Å²) >= 11 is 3.32. The van der Waals surface area contributed by atoms with Gasteiger partial charge in [-0.1, -0.05) is 15.9 Å². The molecular weight excluding hydrogens is 310 g/mol. The first-order valence-corrected chi connectivity index (χ1v) is 6.71. The van der Waals surface area contributed by atoms with Gasteiger partial charge in [-0.25, -0.2) is 0 Å². The number of nitrogens with two attached hydrogens (primary N) is 1. The summed E-state index contributed by atoms with van der Waals surface area (Å²) in [4.78, 5) is 23.1. The van der Waals surface area contributed by atoms with E-state index in [-0.39, 0.29) is 24.8 Å². The van der Waals surface area contributed by atoms with E-state index in [4.69, 9.17) is 5.73 Å². The van der Waals surface area contributed by atoms with Crippen LogP contribution in [0.4, 0.5) is 5.69 Å². The first-order chi connectivity index (χ1) is 8.79. The molecular formula is C13H18BrN3O2. The van der Waals surface area contributed by atoms with Crippen molar-refractivity contribution in [3.8, 4) is 0 Å². The number of hydrogen-bond acceptors (Lipinski definition) is 3. The predicted octanol–water partition coefficient (Wildman–Crippen LogP) is 1.63. The Kier molecular flexibility index (Phi) is 5.50. The third-order valence-electron chi connectivity index (χ3n) is 2.35. The second-order valence-electron chi connectivity index (χ2n) is 4.78. The number of carbonyl (C=O) groups excluding carboxylic acids is 2. The summed E-state index contributed by atoms with van der Waals surface area (Å²) < 4.78 is 0.947. The van der Waals surface area contributed by atoms with Crippen molar-refractivity contribution in [3.63, 3.8) is 0 Å². The molecule has 0 saturated carbocycles. The zero-order chi connectivity index (χ0) is 14.5. The first-order valence-electron chi connectivity index (χ1n) is 5.91. The standard InChI is InChI=1S/C13H18BrN3O2/c1-13(2,15)12(19)16-8-7-11(18)17-10-5-3-9(14)4-6-10/h3-6H,7-8,15H2,1-2H3,(H,16,19)(H,17,18). The zero-order valence-corrected chi connectivity index (χ0v) is 12.6. The van der Waals surface area contributed by atoms with Gasteiger partial charge in [0.05, 0.1) is 5.54 Å². The van der Waals surface area contributed by atoms with Gasteiger partial charge in [0.1, 0.15) is 0 Å². The molecule has 0 unspecified atom stereocenters. The molecule has 0 aliphatic heterocycles. The maximum absolute atomic E-state index is 11.6. The molecule has 0 aliphatic carbocycles. The summed E-state index contributed by atoms with van der Waals surface area (Å²) in [6.45, 7) is 3.50. The number of halogens is 1. The summed E-state index contributed by atoms with van der Waals surface area (Å²) in [5, 5.41) is 5.36. The predicted molar refractivity (Wildman–Crippen MR) is 78.7 cm³/mol. The third-order valence-corrected chi connectivity index (χ3v) is 2.88. The van der Waals surface area contributed by atoms with E-state index in [0.717, 1.165) is 10.2 Å². The molecule has 2 amide bonds. The molecule has 0 atom stereocenters. The van der Waals surface area contributed by atoms with Crippen molar-refractivity contribution in [1.82, 2.24) is 5.32 Å². The normalized spacial score (nSPS) is 10.9. The van der Waals surface area contributed by atoms with Crippen molar-refractivity contribution in [1.29, 1.82) is 0 Å². The van der Waals surface area contributed by atoms with Crippen LogP contribution in [0.5, 0.6) is 0 Å². The van der Waals surface area contributed by atoms with E-state index < -0.39 is 5.54 Å². The Hall–Kier alpha value is -1.40. The van der Waals surface area contributed by atoms with Crippen molar-refractivity contribution < 1.29 is 9.59 Å². The van der Waals surface area contributed by atoms with E-state index in [1.54, 1.807) is 26.0 Å². The van der Waals surface area contributed by atoms with E-state index in [1.807, 2.05) is 12.1 Å². The molecule has 0 bridgehead atoms. The van der Waals surface area contributed by atoms with Gasteiger partial charge in [0.15, 0.2) is 0 Å². The number of carbonyl (C=O) groups is 2. The Labute approximate surface area is 121 Å². The van der Waals surface area contributed by atoms with E-state index in [9.17, 15) is 9.59 Å². The second kappa shape index (κ2) is 6.68. The summed E-state index contributed by atoms with van der Waals surface area (Å²) in [6.07, 6.45) is 0.206. The molecule has 1 aromatic rings. The van der Waals surface area contributed by atoms with Gasteiger partial charge in [-0.3, -0.25) is 9.59 Å². The van der Waals surface area contributed by atoms with Crippen LogP contribution in [-0.4, -0.2) is 23.9 Å². The number of benzene rings is 1. The average molecular weight is 328 g/mol. The van der Waals surface area contributed by atoms with E-state index in [1.165, 1.54) is 0 Å². The van der Waals surface area contributed by atoms with Crippen molar-refractivity contribution in [2.24, 2.45) is 5.73 Å². The Bertz CT molecular complexity index is 452. The van der Waals surface area contributed by atoms with Gasteiger partial charge < -0.3 is 16.4 Å². The van der Waals surface area contributed by atoms with Crippen LogP contribution in [0.15, 0.2) is 28.7 Å². The maximum Gasteiger partial charge on any atom is 0.239 e. The lowest BCUT2D eigenvalue weighted by molar-refractivity contribution is -0.125. The van der Waals surface area contributed by atoms with E-state index in [0.29, 0.717) is 0 Å². The Balaban J connectivity index is 2.33. The number of nitrogens with one attached hydrogen (secondary N) is 2. The van der Waals surface area contributed by atoms with Crippen LogP contribution in [0.3, 0.4) is 0 Å². The fraction of sp³-hybridized carbons (Fsp3) is 0.385. The highest BCUT2D eigenvalue weighted by molar-refractivity contribution is 9.10. The van der Waals surface area contributed by atoms with Crippen LogP contribution in [-0.2, 0) is 9.59 Å². The van der Waals surface area contributed by atoms with Crippen LogP contribution in [0.2, 0.25) is 0 Å². The molecule has 0 aromatic heterocycles. The minimum Gasteiger partial charge on any atom is -0.354 e. The molecule has 5 nitrogen and oxygen atoms in total. The SMILES string of the molecule is CC(C)(N)C(=O)NCCC(=O)Nc1ccc(Br)cc1. The largest absolute Gasteiger partial charge is 0.354 e. The van der Waals surface area contributed by atoms with Crippen LogP contribution in [0.1, 0.15) is 20.3 Å². The average Bonchev–Trinajstić information content (AvgIpc) is 2.31. The highest BCUT2D eigenvalue weighted by Crippen LogP contribution is 2.14. The Morgan fingerprint density at radius 3 is 2.37 bits per heavy atom. The fourth-order valence-electron chi connectivity index (χ4n) is 1.27. The van der Waals surface area contributed by atoms with Gasteiger partial charge in [0.25, 0.3) is 0 Å². The minimum atomic E-state index is -0.928. The van der Waals surface area contributed by atoms with Crippen molar-refractivity contribution in [2.45, 2.75) is 25.8 Å². The molecule has 0 radical (unpaired) electrons. The Morgan fingerprint density at radius 2 is 1.84 bits per heavy atom. The first kappa shape index (κ1) is 15.7. The van der Waals surface area contributed by atoms with Crippen molar-refractivity contribution in [2.75, 3.05) is 11.9 Å². The van der Waals surface area contributed by atoms with Gasteiger partial charge >= 0.3 is 0 Å². The molecule has 0 fully saturated rings. The van der Waals surface area contributed by atoms with E-state index >= 15 is 0 Å². The summed E-state index contributed by atoms with van der Waals surface area (Å²) in [6, 6.07) is 7.27. The summed E-state index contributed by atoms with van der Waals surface area (Å²) in [7, 11) is 0. The lowest BCUT2D eigenvalue weighted by Crippen LogP contribution is -2.49. The molecule has 1 rings (SSSR count). The van der Waals surface area contributed by atoms with Crippen LogP contribution < -0.4 is 16.4 Å². The molecule has 0 heterocycles. The number of anilines is 1. The summed E-state index contributed by atoms with van der Waals surface area (Å²) in [5.41, 5.74) is 5.41. The number of rotatable bonds is 5. The Morgan fingerprint density at radius 1 is 1.26 bits per heavy atom. The number of hydrogen-bond donors (Lipinski definition) is 3. The van der Waals surface area contributed by atoms with Crippen molar-refractivity contribution in [3.05, 3.63) is 28.7 Å². The van der Waals surface area contributed by atoms with Crippen LogP contribution in [0, 0.1) is 0 Å². The monoisotopic (exact) mass is 327 g/mol. The lowest BCUT2D eigenvalue weighted by Gasteiger charge is -2.17. The molecule has 104 valence electrons. The lowest BCUT2D eigenvalue weighted by atomic mass is 10.1. The third kappa shape index (κ3) is 5.85. The highest BCUT2D eigenvalue weighted by atomic mass is 79.9. The van der Waals surface area contributed by atoms with Crippen LogP contribution >= 0.6 is 15.9 Å².